The zero-order valence-electron chi connectivity index (χ0n) is 18.1. The summed E-state index contributed by atoms with van der Waals surface area (Å²) < 4.78 is 11.0. The maximum absolute atomic E-state index is 12.9. The van der Waals surface area contributed by atoms with Gasteiger partial charge in [-0.1, -0.05) is 18.2 Å². The number of ether oxygens (including phenoxy) is 1. The van der Waals surface area contributed by atoms with E-state index < -0.39 is 0 Å². The average molecular weight is 427 g/mol. The Hall–Kier alpha value is -2.84. The third-order valence-electron chi connectivity index (χ3n) is 5.73. The highest BCUT2D eigenvalue weighted by molar-refractivity contribution is 5.92. The standard InChI is InChI=1S/C23H30N4O4/c1-17-14-25(15-18(2)31-17)16-19-6-3-4-7-20(19)24-23(29)27-11-9-26(10-12-27)22(28)21-8-5-13-30-21/h3-8,13,17-18H,9-12,14-16H2,1-2H3,(H,24,29)/t17-,18+. The number of carbonyl (C=O) groups is 2. The van der Waals surface area contributed by atoms with E-state index in [1.807, 2.05) is 18.2 Å². The summed E-state index contributed by atoms with van der Waals surface area (Å²) >= 11 is 0. The van der Waals surface area contributed by atoms with Crippen LogP contribution in [0.4, 0.5) is 10.5 Å². The van der Waals surface area contributed by atoms with E-state index in [4.69, 9.17) is 9.15 Å². The molecule has 3 amide bonds. The van der Waals surface area contributed by atoms with Crippen LogP contribution < -0.4 is 5.32 Å². The summed E-state index contributed by atoms with van der Waals surface area (Å²) in [5, 5.41) is 3.07. The van der Waals surface area contributed by atoms with Crippen LogP contribution in [-0.2, 0) is 11.3 Å². The molecule has 0 saturated carbocycles. The SMILES string of the molecule is C[C@@H]1CN(Cc2ccccc2NC(=O)N2CCN(C(=O)c3ccco3)CC2)C[C@H](C)O1. The van der Waals surface area contributed by atoms with Crippen LogP contribution in [0.2, 0.25) is 0 Å². The molecule has 2 saturated heterocycles. The average Bonchev–Trinajstić information content (AvgIpc) is 3.29. The number of hydrogen-bond acceptors (Lipinski definition) is 5. The highest BCUT2D eigenvalue weighted by Crippen LogP contribution is 2.21. The summed E-state index contributed by atoms with van der Waals surface area (Å²) in [6.45, 7) is 8.63. The predicted octanol–water partition coefficient (Wildman–Crippen LogP) is 2.88. The van der Waals surface area contributed by atoms with Crippen LogP contribution in [-0.4, -0.2) is 78.1 Å². The van der Waals surface area contributed by atoms with Crippen LogP contribution in [0.5, 0.6) is 0 Å². The van der Waals surface area contributed by atoms with Crippen molar-refractivity contribution in [3.63, 3.8) is 0 Å². The molecular formula is C23H30N4O4. The molecule has 2 fully saturated rings. The van der Waals surface area contributed by atoms with Gasteiger partial charge < -0.3 is 24.3 Å². The Kier molecular flexibility index (Phi) is 6.58. The number of urea groups is 1. The highest BCUT2D eigenvalue weighted by atomic mass is 16.5. The minimum atomic E-state index is -0.138. The molecule has 1 aromatic carbocycles. The monoisotopic (exact) mass is 426 g/mol. The lowest BCUT2D eigenvalue weighted by Crippen LogP contribution is -2.51. The molecule has 1 N–H and O–H groups in total. The third kappa shape index (κ3) is 5.26. The first kappa shape index (κ1) is 21.4. The number of anilines is 1. The largest absolute Gasteiger partial charge is 0.459 e. The summed E-state index contributed by atoms with van der Waals surface area (Å²) in [6.07, 6.45) is 1.89. The van der Waals surface area contributed by atoms with Gasteiger partial charge in [-0.25, -0.2) is 4.79 Å². The first-order valence-electron chi connectivity index (χ1n) is 10.8. The molecule has 0 bridgehead atoms. The molecule has 8 heteroatoms. The summed E-state index contributed by atoms with van der Waals surface area (Å²) in [5.74, 6) is 0.197. The van der Waals surface area contributed by atoms with Crippen molar-refractivity contribution < 1.29 is 18.7 Å². The number of para-hydroxylation sites is 1. The molecule has 2 aliphatic rings. The smallest absolute Gasteiger partial charge is 0.321 e. The van der Waals surface area contributed by atoms with E-state index in [-0.39, 0.29) is 24.1 Å². The van der Waals surface area contributed by atoms with Gasteiger partial charge in [0.2, 0.25) is 0 Å². The van der Waals surface area contributed by atoms with Crippen LogP contribution in [0.15, 0.2) is 47.1 Å². The number of morpholine rings is 1. The van der Waals surface area contributed by atoms with Crippen molar-refractivity contribution >= 4 is 17.6 Å². The molecule has 1 aromatic heterocycles. The molecule has 2 aromatic rings. The lowest BCUT2D eigenvalue weighted by Gasteiger charge is -2.36. The number of carbonyl (C=O) groups excluding carboxylic acids is 2. The van der Waals surface area contributed by atoms with E-state index in [1.54, 1.807) is 21.9 Å². The van der Waals surface area contributed by atoms with Gasteiger partial charge in [-0.3, -0.25) is 9.69 Å². The minimum Gasteiger partial charge on any atom is -0.459 e. The zero-order valence-corrected chi connectivity index (χ0v) is 18.1. The molecule has 8 nitrogen and oxygen atoms in total. The zero-order chi connectivity index (χ0) is 21.8. The Morgan fingerprint density at radius 2 is 1.65 bits per heavy atom. The van der Waals surface area contributed by atoms with Gasteiger partial charge in [-0.2, -0.15) is 0 Å². The van der Waals surface area contributed by atoms with Crippen LogP contribution in [0.1, 0.15) is 30.0 Å². The fourth-order valence-corrected chi connectivity index (χ4v) is 4.30. The highest BCUT2D eigenvalue weighted by Gasteiger charge is 2.27. The molecule has 0 unspecified atom stereocenters. The molecule has 31 heavy (non-hydrogen) atoms. The molecule has 0 spiro atoms. The second-order valence-corrected chi connectivity index (χ2v) is 8.30. The van der Waals surface area contributed by atoms with E-state index in [2.05, 4.69) is 30.1 Å². The number of rotatable bonds is 4. The number of piperazine rings is 1. The van der Waals surface area contributed by atoms with E-state index in [1.165, 1.54) is 6.26 Å². The summed E-state index contributed by atoms with van der Waals surface area (Å²) in [7, 11) is 0. The third-order valence-corrected chi connectivity index (χ3v) is 5.73. The molecule has 2 atom stereocenters. The maximum Gasteiger partial charge on any atom is 0.321 e. The number of furan rings is 1. The van der Waals surface area contributed by atoms with Crippen LogP contribution in [0.3, 0.4) is 0 Å². The number of nitrogens with one attached hydrogen (secondary N) is 1. The van der Waals surface area contributed by atoms with Crippen LogP contribution in [0.25, 0.3) is 0 Å². The van der Waals surface area contributed by atoms with Crippen molar-refractivity contribution in [2.24, 2.45) is 0 Å². The topological polar surface area (TPSA) is 78.3 Å². The maximum atomic E-state index is 12.9. The summed E-state index contributed by atoms with van der Waals surface area (Å²) in [5.41, 5.74) is 1.91. The molecule has 0 radical (unpaired) electrons. The minimum absolute atomic E-state index is 0.135. The van der Waals surface area contributed by atoms with Crippen molar-refractivity contribution in [3.05, 3.63) is 54.0 Å². The van der Waals surface area contributed by atoms with Gasteiger partial charge in [0.25, 0.3) is 5.91 Å². The van der Waals surface area contributed by atoms with Crippen molar-refractivity contribution in [2.45, 2.75) is 32.6 Å². The number of nitrogens with zero attached hydrogens (tertiary/aromatic N) is 3. The van der Waals surface area contributed by atoms with Gasteiger partial charge in [0.1, 0.15) is 0 Å². The Morgan fingerprint density at radius 3 is 2.32 bits per heavy atom. The molecule has 3 heterocycles. The van der Waals surface area contributed by atoms with E-state index in [9.17, 15) is 9.59 Å². The Labute approximate surface area is 182 Å². The predicted molar refractivity (Wildman–Crippen MR) is 117 cm³/mol. The Bertz CT molecular complexity index is 883. The number of benzene rings is 1. The summed E-state index contributed by atoms with van der Waals surface area (Å²) in [4.78, 5) is 31.1. The second-order valence-electron chi connectivity index (χ2n) is 8.30. The van der Waals surface area contributed by atoms with Gasteiger partial charge in [0.15, 0.2) is 5.76 Å². The van der Waals surface area contributed by atoms with Crippen LogP contribution in [0, 0.1) is 0 Å². The Morgan fingerprint density at radius 1 is 0.968 bits per heavy atom. The lowest BCUT2D eigenvalue weighted by atomic mass is 10.1. The van der Waals surface area contributed by atoms with Gasteiger partial charge in [0, 0.05) is 51.5 Å². The normalized spacial score (nSPS) is 22.4. The molecule has 4 rings (SSSR count). The van der Waals surface area contributed by atoms with Crippen molar-refractivity contribution in [2.75, 3.05) is 44.6 Å². The number of hydrogen-bond donors (Lipinski definition) is 1. The van der Waals surface area contributed by atoms with E-state index in [0.29, 0.717) is 31.9 Å². The molecular weight excluding hydrogens is 396 g/mol. The van der Waals surface area contributed by atoms with Gasteiger partial charge in [0.05, 0.1) is 18.5 Å². The Balaban J connectivity index is 1.33. The number of amides is 3. The van der Waals surface area contributed by atoms with Crippen LogP contribution >= 0.6 is 0 Å². The van der Waals surface area contributed by atoms with Gasteiger partial charge in [-0.05, 0) is 37.6 Å². The van der Waals surface area contributed by atoms with Crippen molar-refractivity contribution in [3.8, 4) is 0 Å². The second kappa shape index (κ2) is 9.53. The fraction of sp³-hybridized carbons (Fsp3) is 0.478. The fourth-order valence-electron chi connectivity index (χ4n) is 4.30. The molecule has 0 aliphatic carbocycles. The first-order valence-corrected chi connectivity index (χ1v) is 10.8. The van der Waals surface area contributed by atoms with E-state index >= 15 is 0 Å². The molecule has 166 valence electrons. The molecule has 2 aliphatic heterocycles. The van der Waals surface area contributed by atoms with Gasteiger partial charge >= 0.3 is 6.03 Å². The van der Waals surface area contributed by atoms with Crippen molar-refractivity contribution in [1.29, 1.82) is 0 Å². The van der Waals surface area contributed by atoms with E-state index in [0.717, 1.165) is 30.9 Å². The van der Waals surface area contributed by atoms with Crippen molar-refractivity contribution in [1.82, 2.24) is 14.7 Å². The lowest BCUT2D eigenvalue weighted by molar-refractivity contribution is -0.0704. The first-order chi connectivity index (χ1) is 15.0. The summed E-state index contributed by atoms with van der Waals surface area (Å²) in [6, 6.07) is 11.2. The quantitative estimate of drug-likeness (QED) is 0.813. The van der Waals surface area contributed by atoms with Gasteiger partial charge in [-0.15, -0.1) is 0 Å².